The molecular formula is C29H36Cl2N2O. The van der Waals surface area contributed by atoms with Gasteiger partial charge in [-0.25, -0.2) is 0 Å². The number of nitriles is 1. The van der Waals surface area contributed by atoms with E-state index in [1.807, 2.05) is 48.5 Å². The van der Waals surface area contributed by atoms with Crippen molar-refractivity contribution < 1.29 is 4.79 Å². The van der Waals surface area contributed by atoms with Crippen LogP contribution in [0.2, 0.25) is 10.0 Å². The summed E-state index contributed by atoms with van der Waals surface area (Å²) in [5, 5.41) is 15.8. The molecule has 34 heavy (non-hydrogen) atoms. The summed E-state index contributed by atoms with van der Waals surface area (Å²) in [6, 6.07) is 17.1. The van der Waals surface area contributed by atoms with Crippen LogP contribution in [0, 0.1) is 22.2 Å². The van der Waals surface area contributed by atoms with Crippen molar-refractivity contribution in [3.63, 3.8) is 0 Å². The minimum absolute atomic E-state index is 0.0472. The number of hydrogen-bond acceptors (Lipinski definition) is 3. The first-order valence-corrected chi connectivity index (χ1v) is 12.7. The Morgan fingerprint density at radius 1 is 1.00 bits per heavy atom. The third-order valence-corrected chi connectivity index (χ3v) is 7.24. The first kappa shape index (κ1) is 26.7. The fourth-order valence-corrected chi connectivity index (χ4v) is 5.49. The topological polar surface area (TPSA) is 52.9 Å². The number of ketones is 1. The van der Waals surface area contributed by atoms with Gasteiger partial charge in [0, 0.05) is 28.4 Å². The third kappa shape index (κ3) is 5.85. The van der Waals surface area contributed by atoms with Gasteiger partial charge in [0.15, 0.2) is 0 Å². The lowest BCUT2D eigenvalue weighted by atomic mass is 9.62. The van der Waals surface area contributed by atoms with Crippen LogP contribution in [0.1, 0.15) is 77.8 Å². The van der Waals surface area contributed by atoms with Gasteiger partial charge < -0.3 is 5.32 Å². The molecule has 2 aromatic rings. The van der Waals surface area contributed by atoms with E-state index < -0.39 is 11.5 Å². The molecule has 0 bridgehead atoms. The molecule has 1 heterocycles. The number of carbonyl (C=O) groups excluding carboxylic acids is 1. The Hall–Kier alpha value is -1.86. The van der Waals surface area contributed by atoms with Crippen molar-refractivity contribution in [2.24, 2.45) is 10.8 Å². The van der Waals surface area contributed by atoms with Crippen LogP contribution in [-0.4, -0.2) is 17.9 Å². The van der Waals surface area contributed by atoms with Gasteiger partial charge in [0.05, 0.1) is 12.1 Å². The maximum atomic E-state index is 13.7. The molecule has 3 rings (SSSR count). The number of carbonyl (C=O) groups is 1. The summed E-state index contributed by atoms with van der Waals surface area (Å²) in [7, 11) is 0. The molecule has 0 aromatic heterocycles. The highest BCUT2D eigenvalue weighted by atomic mass is 35.5. The smallest absolute Gasteiger partial charge is 0.150 e. The summed E-state index contributed by atoms with van der Waals surface area (Å²) < 4.78 is 0. The van der Waals surface area contributed by atoms with Gasteiger partial charge >= 0.3 is 0 Å². The third-order valence-electron chi connectivity index (χ3n) is 6.75. The molecule has 0 saturated carbocycles. The molecule has 0 aliphatic carbocycles. The molecule has 182 valence electrons. The average Bonchev–Trinajstić information content (AvgIpc) is 3.05. The molecule has 5 heteroatoms. The summed E-state index contributed by atoms with van der Waals surface area (Å²) in [5.74, 6) is -0.234. The van der Waals surface area contributed by atoms with Crippen molar-refractivity contribution in [3.8, 4) is 6.07 Å². The quantitative estimate of drug-likeness (QED) is 0.443. The largest absolute Gasteiger partial charge is 0.302 e. The van der Waals surface area contributed by atoms with Gasteiger partial charge in [0.2, 0.25) is 0 Å². The second kappa shape index (κ2) is 10.0. The van der Waals surface area contributed by atoms with E-state index in [2.05, 4.69) is 52.9 Å². The lowest BCUT2D eigenvalue weighted by molar-refractivity contribution is -0.121. The summed E-state index contributed by atoms with van der Waals surface area (Å²) in [6.45, 7) is 12.9. The number of hydrogen-bond donors (Lipinski definition) is 1. The number of rotatable bonds is 6. The van der Waals surface area contributed by atoms with Crippen molar-refractivity contribution in [1.82, 2.24) is 5.32 Å². The van der Waals surface area contributed by atoms with E-state index >= 15 is 0 Å². The lowest BCUT2D eigenvalue weighted by Crippen LogP contribution is -2.44. The van der Waals surface area contributed by atoms with Crippen LogP contribution >= 0.6 is 23.2 Å². The molecule has 1 aliphatic rings. The highest BCUT2D eigenvalue weighted by molar-refractivity contribution is 6.30. The monoisotopic (exact) mass is 498 g/mol. The molecule has 3 nitrogen and oxygen atoms in total. The molecule has 0 unspecified atom stereocenters. The second-order valence-corrected chi connectivity index (χ2v) is 12.9. The highest BCUT2D eigenvalue weighted by Crippen LogP contribution is 2.51. The molecule has 1 N–H and O–H groups in total. The molecule has 0 spiro atoms. The van der Waals surface area contributed by atoms with Crippen LogP contribution in [-0.2, 0) is 10.2 Å². The van der Waals surface area contributed by atoms with Gasteiger partial charge in [0.1, 0.15) is 11.2 Å². The minimum Gasteiger partial charge on any atom is -0.302 e. The Labute approximate surface area is 214 Å². The van der Waals surface area contributed by atoms with E-state index in [1.54, 1.807) is 0 Å². The van der Waals surface area contributed by atoms with Crippen LogP contribution in [0.25, 0.3) is 0 Å². The molecule has 1 aliphatic heterocycles. The Kier molecular flexibility index (Phi) is 7.88. The maximum absolute atomic E-state index is 13.7. The first-order chi connectivity index (χ1) is 15.8. The zero-order valence-corrected chi connectivity index (χ0v) is 22.6. The van der Waals surface area contributed by atoms with Crippen molar-refractivity contribution in [3.05, 3.63) is 69.7 Å². The molecule has 0 amide bonds. The van der Waals surface area contributed by atoms with E-state index in [0.29, 0.717) is 16.5 Å². The molecule has 2 aromatic carbocycles. The fraction of sp³-hybridized carbons (Fsp3) is 0.517. The van der Waals surface area contributed by atoms with E-state index in [4.69, 9.17) is 23.2 Å². The average molecular weight is 500 g/mol. The SMILES string of the molecule is CC(C)(C)CCC(=O)[C@@H]1N[C@@H](CC(C)(C)C)[C@](C#N)(c2ccc(Cl)cc2)[C@H]1c1cccc(Cl)c1. The Balaban J connectivity index is 2.21. The van der Waals surface area contributed by atoms with E-state index in [0.717, 1.165) is 24.0 Å². The van der Waals surface area contributed by atoms with Crippen molar-refractivity contribution in [2.45, 2.75) is 84.2 Å². The Morgan fingerprint density at radius 2 is 1.65 bits per heavy atom. The van der Waals surface area contributed by atoms with Crippen molar-refractivity contribution in [1.29, 1.82) is 5.26 Å². The number of halogens is 2. The second-order valence-electron chi connectivity index (χ2n) is 12.0. The minimum atomic E-state index is -0.954. The van der Waals surface area contributed by atoms with E-state index in [-0.39, 0.29) is 28.6 Å². The van der Waals surface area contributed by atoms with Gasteiger partial charge in [-0.05, 0) is 59.1 Å². The normalized spacial score (nSPS) is 25.2. The van der Waals surface area contributed by atoms with Gasteiger partial charge in [0.25, 0.3) is 0 Å². The van der Waals surface area contributed by atoms with Crippen LogP contribution < -0.4 is 5.32 Å². The molecule has 4 atom stereocenters. The van der Waals surface area contributed by atoms with Gasteiger partial charge in [-0.2, -0.15) is 5.26 Å². The van der Waals surface area contributed by atoms with Crippen LogP contribution in [0.15, 0.2) is 48.5 Å². The standard InChI is InChI=1S/C29H36Cl2N2O/c1-27(2,3)15-14-23(34)26-25(19-8-7-9-22(31)16-19)29(18-32,20-10-12-21(30)13-11-20)24(33-26)17-28(4,5)6/h7-13,16,24-26,33H,14-15,17H2,1-6H3/t24-,25-,26-,29-/m0/s1. The lowest BCUT2D eigenvalue weighted by Gasteiger charge is -2.37. The zero-order valence-electron chi connectivity index (χ0n) is 21.1. The molecular weight excluding hydrogens is 463 g/mol. The fourth-order valence-electron chi connectivity index (χ4n) is 5.16. The van der Waals surface area contributed by atoms with Crippen molar-refractivity contribution >= 4 is 29.0 Å². The number of Topliss-reactive ketones (excluding diaryl/α,β-unsaturated/α-hetero) is 1. The Morgan fingerprint density at radius 3 is 2.18 bits per heavy atom. The van der Waals surface area contributed by atoms with Gasteiger partial charge in [-0.15, -0.1) is 0 Å². The predicted octanol–water partition coefficient (Wildman–Crippen LogP) is 7.71. The first-order valence-electron chi connectivity index (χ1n) is 12.0. The molecule has 0 radical (unpaired) electrons. The summed E-state index contributed by atoms with van der Waals surface area (Å²) >= 11 is 12.6. The molecule has 1 fully saturated rings. The summed E-state index contributed by atoms with van der Waals surface area (Å²) in [4.78, 5) is 13.7. The predicted molar refractivity (Wildman–Crippen MR) is 141 cm³/mol. The van der Waals surface area contributed by atoms with E-state index in [1.165, 1.54) is 0 Å². The van der Waals surface area contributed by atoms with Gasteiger partial charge in [-0.3, -0.25) is 4.79 Å². The number of benzene rings is 2. The Bertz CT molecular complexity index is 1060. The van der Waals surface area contributed by atoms with Crippen LogP contribution in [0.5, 0.6) is 0 Å². The van der Waals surface area contributed by atoms with Crippen LogP contribution in [0.4, 0.5) is 0 Å². The summed E-state index contributed by atoms with van der Waals surface area (Å²) in [6.07, 6.45) is 1.99. The number of nitrogens with one attached hydrogen (secondary N) is 1. The summed E-state index contributed by atoms with van der Waals surface area (Å²) in [5.41, 5.74) is 0.825. The van der Waals surface area contributed by atoms with Crippen LogP contribution in [0.3, 0.4) is 0 Å². The maximum Gasteiger partial charge on any atom is 0.150 e. The number of nitrogens with zero attached hydrogens (tertiary/aromatic N) is 1. The van der Waals surface area contributed by atoms with Crippen molar-refractivity contribution in [2.75, 3.05) is 0 Å². The van der Waals surface area contributed by atoms with E-state index in [9.17, 15) is 10.1 Å². The van der Waals surface area contributed by atoms with Gasteiger partial charge in [-0.1, -0.05) is 89.0 Å². The zero-order chi connectivity index (χ0) is 25.3. The molecule has 1 saturated heterocycles. The highest BCUT2D eigenvalue weighted by Gasteiger charge is 2.59.